The van der Waals surface area contributed by atoms with Gasteiger partial charge in [0.05, 0.1) is 23.0 Å². The Morgan fingerprint density at radius 3 is 2.77 bits per heavy atom. The Morgan fingerprint density at radius 2 is 2.02 bits per heavy atom. The predicted octanol–water partition coefficient (Wildman–Crippen LogP) is 2.60. The van der Waals surface area contributed by atoms with Crippen LogP contribution in [0.4, 0.5) is 0 Å². The van der Waals surface area contributed by atoms with E-state index in [1.54, 1.807) is 40.5 Å². The second kappa shape index (κ2) is 13.7. The molecule has 4 amide bonds. The Kier molecular flexibility index (Phi) is 10.1. The number of rotatable bonds is 7. The highest BCUT2D eigenvalue weighted by Crippen LogP contribution is 2.24. The largest absolute Gasteiger partial charge is 0.491 e. The Balaban J connectivity index is 1.53. The third-order valence-corrected chi connectivity index (χ3v) is 8.13. The summed E-state index contributed by atoms with van der Waals surface area (Å²) in [6.07, 6.45) is 3.19. The Morgan fingerprint density at radius 1 is 1.23 bits per heavy atom. The van der Waals surface area contributed by atoms with Crippen LogP contribution in [-0.4, -0.2) is 71.3 Å². The van der Waals surface area contributed by atoms with Gasteiger partial charge in [-0.1, -0.05) is 26.0 Å². The summed E-state index contributed by atoms with van der Waals surface area (Å²) in [5, 5.41) is 11.4. The van der Waals surface area contributed by atoms with Gasteiger partial charge in [-0.05, 0) is 50.7 Å². The number of ether oxygens (including phenoxy) is 1. The van der Waals surface area contributed by atoms with E-state index in [-0.39, 0.29) is 36.5 Å². The van der Waals surface area contributed by atoms with Crippen molar-refractivity contribution in [1.29, 1.82) is 0 Å². The number of fused-ring (bicyclic) bond motifs is 2. The molecular formula is C29H39N5O5S. The number of aryl methyl sites for hydroxylation is 2. The van der Waals surface area contributed by atoms with Gasteiger partial charge in [-0.3, -0.25) is 19.2 Å². The second-order valence-corrected chi connectivity index (χ2v) is 11.8. The molecule has 0 saturated carbocycles. The van der Waals surface area contributed by atoms with Crippen molar-refractivity contribution >= 4 is 35.0 Å². The fourth-order valence-electron chi connectivity index (χ4n) is 5.13. The van der Waals surface area contributed by atoms with E-state index in [2.05, 4.69) is 20.9 Å². The number of nitrogens with zero attached hydrogens (tertiary/aromatic N) is 2. The van der Waals surface area contributed by atoms with Crippen molar-refractivity contribution < 1.29 is 23.9 Å². The summed E-state index contributed by atoms with van der Waals surface area (Å²) in [6.45, 7) is 7.13. The summed E-state index contributed by atoms with van der Waals surface area (Å²) in [5.41, 5.74) is 1.24. The molecule has 0 bridgehead atoms. The second-order valence-electron chi connectivity index (χ2n) is 10.9. The zero-order chi connectivity index (χ0) is 28.6. The van der Waals surface area contributed by atoms with Gasteiger partial charge in [0, 0.05) is 30.6 Å². The summed E-state index contributed by atoms with van der Waals surface area (Å²) in [4.78, 5) is 59.6. The molecule has 4 rings (SSSR count). The third-order valence-electron chi connectivity index (χ3n) is 7.11. The molecule has 11 heteroatoms. The number of carbonyl (C=O) groups is 4. The first-order valence-corrected chi connectivity index (χ1v) is 14.9. The van der Waals surface area contributed by atoms with Crippen LogP contribution in [0.25, 0.3) is 0 Å². The molecule has 216 valence electrons. The average Bonchev–Trinajstić information content (AvgIpc) is 3.56. The van der Waals surface area contributed by atoms with Crippen molar-refractivity contribution in [1.82, 2.24) is 25.8 Å². The molecule has 3 heterocycles. The van der Waals surface area contributed by atoms with Crippen LogP contribution >= 0.6 is 11.3 Å². The van der Waals surface area contributed by atoms with Crippen LogP contribution in [0.1, 0.15) is 67.0 Å². The van der Waals surface area contributed by atoms with Crippen molar-refractivity contribution in [3.8, 4) is 5.75 Å². The van der Waals surface area contributed by atoms with Gasteiger partial charge in [0.1, 0.15) is 24.4 Å². The molecule has 40 heavy (non-hydrogen) atoms. The van der Waals surface area contributed by atoms with E-state index in [0.717, 1.165) is 30.0 Å². The lowest BCUT2D eigenvalue weighted by Crippen LogP contribution is -2.54. The fraction of sp³-hybridized carbons (Fsp3) is 0.552. The lowest BCUT2D eigenvalue weighted by molar-refractivity contribution is -0.138. The molecule has 1 saturated heterocycles. The minimum Gasteiger partial charge on any atom is -0.491 e. The highest BCUT2D eigenvalue weighted by atomic mass is 32.1. The summed E-state index contributed by atoms with van der Waals surface area (Å²) >= 11 is 1.58. The number of aromatic nitrogens is 1. The smallest absolute Gasteiger partial charge is 0.255 e. The van der Waals surface area contributed by atoms with E-state index >= 15 is 0 Å². The normalized spacial score (nSPS) is 22.1. The first kappa shape index (κ1) is 29.5. The summed E-state index contributed by atoms with van der Waals surface area (Å²) < 4.78 is 6.07. The molecule has 1 aromatic heterocycles. The number of amides is 4. The monoisotopic (exact) mass is 569 g/mol. The van der Waals surface area contributed by atoms with Crippen molar-refractivity contribution in [2.75, 3.05) is 19.7 Å². The van der Waals surface area contributed by atoms with Crippen LogP contribution in [0.2, 0.25) is 0 Å². The van der Waals surface area contributed by atoms with Crippen molar-refractivity contribution in [3.63, 3.8) is 0 Å². The number of thiazole rings is 1. The zero-order valence-electron chi connectivity index (χ0n) is 23.4. The summed E-state index contributed by atoms with van der Waals surface area (Å²) in [5.74, 6) is -1.03. The van der Waals surface area contributed by atoms with Gasteiger partial charge in [0.25, 0.3) is 5.91 Å². The van der Waals surface area contributed by atoms with Crippen LogP contribution in [0.15, 0.2) is 29.6 Å². The van der Waals surface area contributed by atoms with Crippen molar-refractivity contribution in [2.45, 2.75) is 77.4 Å². The van der Waals surface area contributed by atoms with E-state index in [9.17, 15) is 19.2 Å². The molecule has 1 fully saturated rings. The maximum atomic E-state index is 13.6. The van der Waals surface area contributed by atoms with Crippen LogP contribution in [0.5, 0.6) is 5.75 Å². The van der Waals surface area contributed by atoms with Crippen molar-refractivity contribution in [2.24, 2.45) is 5.92 Å². The molecule has 2 aromatic rings. The molecule has 0 aliphatic carbocycles. The lowest BCUT2D eigenvalue weighted by Gasteiger charge is -2.31. The molecule has 3 atom stereocenters. The minimum absolute atomic E-state index is 0.138. The van der Waals surface area contributed by atoms with Gasteiger partial charge in [-0.25, -0.2) is 4.98 Å². The standard InChI is InChI=1S/C29H39N5O5S/c1-18(2)14-23-29(38)34-13-7-8-20(34)16-39-24-10-5-4-9-21(24)27(36)33-22(15-25(35)32-23)28(37)30-12-6-11-26-31-19(3)17-40-26/h4-5,9-10,17-18,20,22-23H,6-8,11-16H2,1-3H3,(H,30,37)(H,32,35)(H,33,36)/t20-,22+,23+/m1/s1. The van der Waals surface area contributed by atoms with Crippen LogP contribution < -0.4 is 20.7 Å². The SMILES string of the molecule is Cc1csc(CCCNC(=O)[C@@H]2CC(=O)N[C@@H](CC(C)C)C(=O)N3CCC[C@@H]3COc3ccccc3C(=O)N2)n1. The molecule has 3 N–H and O–H groups in total. The Labute approximate surface area is 239 Å². The molecule has 2 aliphatic heterocycles. The highest BCUT2D eigenvalue weighted by molar-refractivity contribution is 7.09. The molecular weight excluding hydrogens is 530 g/mol. The first-order valence-electron chi connectivity index (χ1n) is 14.0. The number of hydrogen-bond donors (Lipinski definition) is 3. The van der Waals surface area contributed by atoms with Gasteiger partial charge >= 0.3 is 0 Å². The third kappa shape index (κ3) is 7.80. The minimum atomic E-state index is -1.13. The lowest BCUT2D eigenvalue weighted by atomic mass is 10.0. The highest BCUT2D eigenvalue weighted by Gasteiger charge is 2.36. The number of para-hydroxylation sites is 1. The summed E-state index contributed by atoms with van der Waals surface area (Å²) in [7, 11) is 0. The van der Waals surface area contributed by atoms with E-state index in [4.69, 9.17) is 4.74 Å². The van der Waals surface area contributed by atoms with Crippen molar-refractivity contribution in [3.05, 3.63) is 45.9 Å². The fourth-order valence-corrected chi connectivity index (χ4v) is 5.95. The Bertz CT molecular complexity index is 1210. The molecule has 1 aromatic carbocycles. The van der Waals surface area contributed by atoms with E-state index in [1.807, 2.05) is 26.2 Å². The average molecular weight is 570 g/mol. The zero-order valence-corrected chi connectivity index (χ0v) is 24.2. The maximum Gasteiger partial charge on any atom is 0.255 e. The maximum absolute atomic E-state index is 13.6. The van der Waals surface area contributed by atoms with Gasteiger partial charge in [0.2, 0.25) is 17.7 Å². The number of hydrogen-bond acceptors (Lipinski definition) is 7. The van der Waals surface area contributed by atoms with Gasteiger partial charge < -0.3 is 25.6 Å². The topological polar surface area (TPSA) is 130 Å². The van der Waals surface area contributed by atoms with E-state index in [0.29, 0.717) is 31.7 Å². The first-order chi connectivity index (χ1) is 19.2. The van der Waals surface area contributed by atoms with Crippen LogP contribution in [0.3, 0.4) is 0 Å². The van der Waals surface area contributed by atoms with Crippen LogP contribution in [0, 0.1) is 12.8 Å². The molecule has 0 radical (unpaired) electrons. The van der Waals surface area contributed by atoms with Gasteiger partial charge in [-0.2, -0.15) is 0 Å². The quantitative estimate of drug-likeness (QED) is 0.440. The van der Waals surface area contributed by atoms with E-state index < -0.39 is 29.8 Å². The number of carbonyl (C=O) groups excluding carboxylic acids is 4. The van der Waals surface area contributed by atoms with Gasteiger partial charge in [-0.15, -0.1) is 11.3 Å². The van der Waals surface area contributed by atoms with Crippen LogP contribution in [-0.2, 0) is 20.8 Å². The Hall–Kier alpha value is -3.47. The molecule has 0 spiro atoms. The number of benzene rings is 1. The molecule has 10 nitrogen and oxygen atoms in total. The molecule has 2 aliphatic rings. The summed E-state index contributed by atoms with van der Waals surface area (Å²) in [6, 6.07) is 4.82. The van der Waals surface area contributed by atoms with E-state index in [1.165, 1.54) is 0 Å². The van der Waals surface area contributed by atoms with Gasteiger partial charge in [0.15, 0.2) is 0 Å². The molecule has 0 unspecified atom stereocenters. The predicted molar refractivity (Wildman–Crippen MR) is 152 cm³/mol. The number of nitrogens with one attached hydrogen (secondary N) is 3.